The van der Waals surface area contributed by atoms with Gasteiger partial charge < -0.3 is 9.30 Å². The van der Waals surface area contributed by atoms with Gasteiger partial charge >= 0.3 is 0 Å². The molecule has 0 aliphatic heterocycles. The molecular formula is C13H15BrN2O. The van der Waals surface area contributed by atoms with Crippen LogP contribution in [0.3, 0.4) is 0 Å². The van der Waals surface area contributed by atoms with Gasteiger partial charge in [0.05, 0.1) is 0 Å². The molecule has 1 aromatic carbocycles. The molecule has 1 aromatic heterocycles. The summed E-state index contributed by atoms with van der Waals surface area (Å²) in [6, 6.07) is 5.97. The maximum Gasteiger partial charge on any atom is 0.146 e. The second kappa shape index (κ2) is 5.36. The lowest BCUT2D eigenvalue weighted by Crippen LogP contribution is -2.05. The first-order valence-electron chi connectivity index (χ1n) is 5.59. The van der Waals surface area contributed by atoms with Crippen LogP contribution in [-0.4, -0.2) is 9.55 Å². The molecular weight excluding hydrogens is 280 g/mol. The van der Waals surface area contributed by atoms with E-state index in [4.69, 9.17) is 4.74 Å². The van der Waals surface area contributed by atoms with Gasteiger partial charge in [0.1, 0.15) is 18.2 Å². The third kappa shape index (κ3) is 2.88. The highest BCUT2D eigenvalue weighted by Crippen LogP contribution is 2.22. The predicted molar refractivity (Wildman–Crippen MR) is 71.1 cm³/mol. The summed E-state index contributed by atoms with van der Waals surface area (Å²) in [4.78, 5) is 4.27. The summed E-state index contributed by atoms with van der Waals surface area (Å²) < 4.78 is 8.90. The minimum Gasteiger partial charge on any atom is -0.486 e. The Morgan fingerprint density at radius 2 is 2.24 bits per heavy atom. The summed E-state index contributed by atoms with van der Waals surface area (Å²) in [6.45, 7) is 5.55. The number of benzene rings is 1. The summed E-state index contributed by atoms with van der Waals surface area (Å²) >= 11 is 3.47. The lowest BCUT2D eigenvalue weighted by molar-refractivity contribution is 0.289. The van der Waals surface area contributed by atoms with E-state index < -0.39 is 0 Å². The van der Waals surface area contributed by atoms with Gasteiger partial charge in [-0.05, 0) is 37.6 Å². The number of aryl methyl sites for hydroxylation is 2. The van der Waals surface area contributed by atoms with Crippen molar-refractivity contribution in [3.63, 3.8) is 0 Å². The number of ether oxygens (including phenoxy) is 1. The Bertz CT molecular complexity index is 508. The normalized spacial score (nSPS) is 10.5. The molecule has 17 heavy (non-hydrogen) atoms. The van der Waals surface area contributed by atoms with Gasteiger partial charge in [-0.3, -0.25) is 0 Å². The Balaban J connectivity index is 2.05. The monoisotopic (exact) mass is 294 g/mol. The molecule has 0 saturated carbocycles. The molecule has 2 aromatic rings. The molecule has 0 fully saturated rings. The number of aromatic nitrogens is 2. The summed E-state index contributed by atoms with van der Waals surface area (Å²) in [5.41, 5.74) is 1.17. The quantitative estimate of drug-likeness (QED) is 0.862. The van der Waals surface area contributed by atoms with Gasteiger partial charge in [-0.2, -0.15) is 0 Å². The van der Waals surface area contributed by atoms with Crippen molar-refractivity contribution in [2.24, 2.45) is 0 Å². The van der Waals surface area contributed by atoms with Crippen LogP contribution in [0.2, 0.25) is 0 Å². The van der Waals surface area contributed by atoms with Crippen molar-refractivity contribution >= 4 is 15.9 Å². The molecule has 3 nitrogen and oxygen atoms in total. The van der Waals surface area contributed by atoms with E-state index in [1.165, 1.54) is 5.56 Å². The maximum absolute atomic E-state index is 5.72. The number of halogens is 1. The molecule has 0 N–H and O–H groups in total. The van der Waals surface area contributed by atoms with Crippen molar-refractivity contribution in [3.05, 3.63) is 46.5 Å². The fourth-order valence-electron chi connectivity index (χ4n) is 1.62. The van der Waals surface area contributed by atoms with Crippen molar-refractivity contribution in [2.45, 2.75) is 27.0 Å². The Kier molecular flexibility index (Phi) is 3.84. The number of nitrogens with zero attached hydrogens (tertiary/aromatic N) is 2. The second-order valence-corrected chi connectivity index (χ2v) is 4.68. The van der Waals surface area contributed by atoms with Crippen molar-refractivity contribution < 1.29 is 4.74 Å². The predicted octanol–water partition coefficient (Wildman–Crippen LogP) is 3.55. The molecule has 0 bridgehead atoms. The number of imidazole rings is 1. The average Bonchev–Trinajstić information content (AvgIpc) is 2.78. The second-order valence-electron chi connectivity index (χ2n) is 3.83. The van der Waals surface area contributed by atoms with Gasteiger partial charge in [-0.1, -0.05) is 15.9 Å². The minimum atomic E-state index is 0.502. The van der Waals surface area contributed by atoms with Crippen molar-refractivity contribution in [3.8, 4) is 5.75 Å². The lowest BCUT2D eigenvalue weighted by Gasteiger charge is -2.08. The van der Waals surface area contributed by atoms with E-state index in [-0.39, 0.29) is 0 Å². The summed E-state index contributed by atoms with van der Waals surface area (Å²) in [7, 11) is 0. The zero-order valence-corrected chi connectivity index (χ0v) is 11.6. The lowest BCUT2D eigenvalue weighted by atomic mass is 10.2. The third-order valence-corrected chi connectivity index (χ3v) is 3.53. The highest BCUT2D eigenvalue weighted by Gasteiger charge is 2.03. The number of hydrogen-bond acceptors (Lipinski definition) is 2. The molecule has 4 heteroatoms. The molecule has 0 unspecified atom stereocenters. The van der Waals surface area contributed by atoms with Crippen LogP contribution in [0.4, 0.5) is 0 Å². The van der Waals surface area contributed by atoms with Gasteiger partial charge in [0.2, 0.25) is 0 Å². The van der Waals surface area contributed by atoms with E-state index in [0.717, 1.165) is 22.6 Å². The summed E-state index contributed by atoms with van der Waals surface area (Å²) in [6.07, 6.45) is 3.76. The number of rotatable bonds is 4. The topological polar surface area (TPSA) is 27.1 Å². The van der Waals surface area contributed by atoms with Gasteiger partial charge in [0.25, 0.3) is 0 Å². The van der Waals surface area contributed by atoms with Crippen LogP contribution in [0.5, 0.6) is 5.75 Å². The zero-order valence-electron chi connectivity index (χ0n) is 9.98. The van der Waals surface area contributed by atoms with Crippen LogP contribution in [0.15, 0.2) is 35.1 Å². The van der Waals surface area contributed by atoms with Crippen LogP contribution < -0.4 is 4.74 Å². The Hall–Kier alpha value is -1.29. The average molecular weight is 295 g/mol. The molecule has 0 spiro atoms. The van der Waals surface area contributed by atoms with E-state index in [1.807, 2.05) is 31.3 Å². The van der Waals surface area contributed by atoms with Crippen LogP contribution >= 0.6 is 15.9 Å². The van der Waals surface area contributed by atoms with E-state index in [1.54, 1.807) is 6.20 Å². The van der Waals surface area contributed by atoms with E-state index in [2.05, 4.69) is 32.4 Å². The maximum atomic E-state index is 5.72. The molecule has 0 saturated heterocycles. The van der Waals surface area contributed by atoms with Crippen LogP contribution in [0.25, 0.3) is 0 Å². The molecule has 0 aliphatic carbocycles. The standard InChI is InChI=1S/C13H15BrN2O/c1-3-16-7-6-15-13(16)9-17-11-4-5-12(14)10(2)8-11/h4-8H,3,9H2,1-2H3. The minimum absolute atomic E-state index is 0.502. The van der Waals surface area contributed by atoms with Crippen LogP contribution in [0.1, 0.15) is 18.3 Å². The molecule has 0 atom stereocenters. The SMILES string of the molecule is CCn1ccnc1COc1ccc(Br)c(C)c1. The first-order valence-corrected chi connectivity index (χ1v) is 6.39. The van der Waals surface area contributed by atoms with Crippen LogP contribution in [0, 0.1) is 6.92 Å². The van der Waals surface area contributed by atoms with Gasteiger partial charge in [0, 0.05) is 23.4 Å². The zero-order chi connectivity index (χ0) is 12.3. The fourth-order valence-corrected chi connectivity index (χ4v) is 1.87. The summed E-state index contributed by atoms with van der Waals surface area (Å²) in [5, 5.41) is 0. The Morgan fingerprint density at radius 1 is 1.41 bits per heavy atom. The third-order valence-electron chi connectivity index (χ3n) is 2.64. The van der Waals surface area contributed by atoms with Gasteiger partial charge in [-0.15, -0.1) is 0 Å². The molecule has 0 radical (unpaired) electrons. The highest BCUT2D eigenvalue weighted by atomic mass is 79.9. The van der Waals surface area contributed by atoms with E-state index in [0.29, 0.717) is 6.61 Å². The molecule has 2 rings (SSSR count). The first-order chi connectivity index (χ1) is 8.20. The molecule has 1 heterocycles. The smallest absolute Gasteiger partial charge is 0.146 e. The first kappa shape index (κ1) is 12.2. The molecule has 0 aliphatic rings. The largest absolute Gasteiger partial charge is 0.486 e. The van der Waals surface area contributed by atoms with Gasteiger partial charge in [-0.25, -0.2) is 4.98 Å². The van der Waals surface area contributed by atoms with Crippen molar-refractivity contribution in [1.82, 2.24) is 9.55 Å². The molecule has 90 valence electrons. The van der Waals surface area contributed by atoms with Crippen LogP contribution in [-0.2, 0) is 13.2 Å². The van der Waals surface area contributed by atoms with E-state index in [9.17, 15) is 0 Å². The fraction of sp³-hybridized carbons (Fsp3) is 0.308. The van der Waals surface area contributed by atoms with E-state index >= 15 is 0 Å². The number of hydrogen-bond donors (Lipinski definition) is 0. The highest BCUT2D eigenvalue weighted by molar-refractivity contribution is 9.10. The molecule has 0 amide bonds. The Labute approximate surface area is 110 Å². The van der Waals surface area contributed by atoms with Crippen molar-refractivity contribution in [1.29, 1.82) is 0 Å². The summed E-state index contributed by atoms with van der Waals surface area (Å²) in [5.74, 6) is 1.82. The van der Waals surface area contributed by atoms with Gasteiger partial charge in [0.15, 0.2) is 0 Å². The van der Waals surface area contributed by atoms with Crippen molar-refractivity contribution in [2.75, 3.05) is 0 Å². The Morgan fingerprint density at radius 3 is 2.94 bits per heavy atom.